The number of phenolic OH excluding ortho intramolecular Hbond substituents is 1. The number of amides is 1. The number of ether oxygens (including phenoxy) is 3. The van der Waals surface area contributed by atoms with Gasteiger partial charge in [-0.05, 0) is 61.7 Å². The first-order valence-corrected chi connectivity index (χ1v) is 10.9. The zero-order valence-corrected chi connectivity index (χ0v) is 18.6. The van der Waals surface area contributed by atoms with Crippen molar-refractivity contribution < 1.29 is 34.0 Å². The van der Waals surface area contributed by atoms with Crippen molar-refractivity contribution in [2.45, 2.75) is 31.9 Å². The summed E-state index contributed by atoms with van der Waals surface area (Å²) in [6, 6.07) is 10.4. The number of aliphatic hydroxyl groups is 1. The molecule has 0 bridgehead atoms. The van der Waals surface area contributed by atoms with Gasteiger partial charge in [0.1, 0.15) is 11.5 Å². The zero-order chi connectivity index (χ0) is 23.5. The molecule has 0 saturated carbocycles. The van der Waals surface area contributed by atoms with Crippen LogP contribution < -0.4 is 9.47 Å². The predicted octanol–water partition coefficient (Wildman–Crippen LogP) is 3.40. The molecule has 0 unspecified atom stereocenters. The van der Waals surface area contributed by atoms with Crippen LogP contribution in [-0.4, -0.2) is 59.8 Å². The Balaban J connectivity index is 1.83. The van der Waals surface area contributed by atoms with Crippen molar-refractivity contribution in [3.05, 3.63) is 59.2 Å². The lowest BCUT2D eigenvalue weighted by Crippen LogP contribution is -2.36. The zero-order valence-electron chi connectivity index (χ0n) is 18.6. The van der Waals surface area contributed by atoms with Crippen LogP contribution in [0.3, 0.4) is 0 Å². The second kappa shape index (κ2) is 9.54. The predicted molar refractivity (Wildman–Crippen MR) is 120 cm³/mol. The number of hydrogen-bond donors (Lipinski definition) is 2. The Morgan fingerprint density at radius 3 is 2.58 bits per heavy atom. The molecule has 2 aliphatic heterocycles. The van der Waals surface area contributed by atoms with Gasteiger partial charge in [0.15, 0.2) is 11.5 Å². The molecule has 2 aliphatic rings. The molecule has 2 aromatic carbocycles. The maximum absolute atomic E-state index is 13.1. The molecule has 0 aromatic heterocycles. The Bertz CT molecular complexity index is 1070. The van der Waals surface area contributed by atoms with Crippen LogP contribution in [0, 0.1) is 0 Å². The first-order chi connectivity index (χ1) is 15.9. The van der Waals surface area contributed by atoms with Gasteiger partial charge in [-0.25, -0.2) is 0 Å². The van der Waals surface area contributed by atoms with E-state index in [0.29, 0.717) is 30.1 Å². The molecule has 2 aromatic rings. The summed E-state index contributed by atoms with van der Waals surface area (Å²) < 4.78 is 16.4. The van der Waals surface area contributed by atoms with Crippen LogP contribution in [0.1, 0.15) is 36.9 Å². The monoisotopic (exact) mass is 453 g/mol. The normalized spacial score (nSPS) is 22.1. The van der Waals surface area contributed by atoms with Gasteiger partial charge in [-0.2, -0.15) is 0 Å². The highest BCUT2D eigenvalue weighted by Gasteiger charge is 2.47. The number of carbonyl (C=O) groups excluding carboxylic acids is 2. The maximum Gasteiger partial charge on any atom is 0.295 e. The molecule has 2 heterocycles. The Kier molecular flexibility index (Phi) is 6.55. The molecule has 33 heavy (non-hydrogen) atoms. The quantitative estimate of drug-likeness (QED) is 0.376. The van der Waals surface area contributed by atoms with Crippen LogP contribution in [0.5, 0.6) is 17.2 Å². The van der Waals surface area contributed by atoms with Gasteiger partial charge >= 0.3 is 0 Å². The molecule has 8 nitrogen and oxygen atoms in total. The molecule has 0 radical (unpaired) electrons. The SMILES string of the molecule is CCOc1cc([C@H]2/C(=C(\O)c3ccc(OC)cc3)C(=O)C(=O)N2C[C@H]2CCCO2)ccc1O. The summed E-state index contributed by atoms with van der Waals surface area (Å²) >= 11 is 0. The molecule has 2 N–H and O–H groups in total. The van der Waals surface area contributed by atoms with Gasteiger partial charge < -0.3 is 29.3 Å². The van der Waals surface area contributed by atoms with Crippen molar-refractivity contribution in [2.75, 3.05) is 26.9 Å². The third-order valence-electron chi connectivity index (χ3n) is 5.93. The highest BCUT2D eigenvalue weighted by atomic mass is 16.5. The summed E-state index contributed by atoms with van der Waals surface area (Å²) in [6.07, 6.45) is 1.49. The molecule has 2 saturated heterocycles. The Morgan fingerprint density at radius 1 is 1.18 bits per heavy atom. The minimum atomic E-state index is -0.851. The minimum absolute atomic E-state index is 0.0173. The van der Waals surface area contributed by atoms with Crippen molar-refractivity contribution in [1.29, 1.82) is 0 Å². The molecule has 1 amide bonds. The molecule has 0 aliphatic carbocycles. The number of hydrogen-bond acceptors (Lipinski definition) is 7. The molecule has 4 rings (SSSR count). The fraction of sp³-hybridized carbons (Fsp3) is 0.360. The lowest BCUT2D eigenvalue weighted by Gasteiger charge is -2.28. The van der Waals surface area contributed by atoms with Gasteiger partial charge in [-0.15, -0.1) is 0 Å². The van der Waals surface area contributed by atoms with Gasteiger partial charge in [-0.3, -0.25) is 9.59 Å². The minimum Gasteiger partial charge on any atom is -0.507 e. The Hall–Kier alpha value is -3.52. The maximum atomic E-state index is 13.1. The number of ketones is 1. The summed E-state index contributed by atoms with van der Waals surface area (Å²) in [5.74, 6) is -0.952. The third kappa shape index (κ3) is 4.39. The molecule has 8 heteroatoms. The number of methoxy groups -OCH3 is 1. The molecular formula is C25H27NO7. The largest absolute Gasteiger partial charge is 0.507 e. The van der Waals surface area contributed by atoms with Crippen LogP contribution in [0.25, 0.3) is 5.76 Å². The van der Waals surface area contributed by atoms with E-state index in [2.05, 4.69) is 0 Å². The average molecular weight is 453 g/mol. The third-order valence-corrected chi connectivity index (χ3v) is 5.93. The van der Waals surface area contributed by atoms with Gasteiger partial charge in [0, 0.05) is 18.7 Å². The fourth-order valence-electron chi connectivity index (χ4n) is 4.30. The number of carbonyl (C=O) groups is 2. The fourth-order valence-corrected chi connectivity index (χ4v) is 4.30. The number of nitrogens with zero attached hydrogens (tertiary/aromatic N) is 1. The molecule has 2 fully saturated rings. The standard InChI is InChI=1S/C25H27NO7/c1-3-32-20-13-16(8-11-19(20)27)22-21(23(28)15-6-9-17(31-2)10-7-15)24(29)25(30)26(22)14-18-5-4-12-33-18/h6-11,13,18,22,27-28H,3-5,12,14H2,1-2H3/b23-21+/t18-,22+/m1/s1. The Labute approximate surface area is 192 Å². The number of phenols is 1. The first kappa shape index (κ1) is 22.7. The molecule has 174 valence electrons. The Morgan fingerprint density at radius 2 is 1.94 bits per heavy atom. The number of aromatic hydroxyl groups is 1. The smallest absolute Gasteiger partial charge is 0.295 e. The summed E-state index contributed by atoms with van der Waals surface area (Å²) in [5.41, 5.74) is 0.916. The summed E-state index contributed by atoms with van der Waals surface area (Å²) in [5, 5.41) is 21.3. The number of likely N-dealkylation sites (tertiary alicyclic amines) is 1. The van der Waals surface area contributed by atoms with Crippen molar-refractivity contribution >= 4 is 17.4 Å². The van der Waals surface area contributed by atoms with Crippen LogP contribution in [0.2, 0.25) is 0 Å². The van der Waals surface area contributed by atoms with E-state index in [-0.39, 0.29) is 35.5 Å². The first-order valence-electron chi connectivity index (χ1n) is 10.9. The van der Waals surface area contributed by atoms with Crippen molar-refractivity contribution in [1.82, 2.24) is 4.90 Å². The van der Waals surface area contributed by atoms with Crippen molar-refractivity contribution in [3.63, 3.8) is 0 Å². The van der Waals surface area contributed by atoms with E-state index in [4.69, 9.17) is 14.2 Å². The van der Waals surface area contributed by atoms with Crippen LogP contribution in [0.15, 0.2) is 48.0 Å². The number of Topliss-reactive ketones (excluding diaryl/α,β-unsaturated/α-hetero) is 1. The van der Waals surface area contributed by atoms with Crippen LogP contribution in [-0.2, 0) is 14.3 Å². The van der Waals surface area contributed by atoms with Gasteiger partial charge in [-0.1, -0.05) is 6.07 Å². The molecule has 0 spiro atoms. The second-order valence-electron chi connectivity index (χ2n) is 7.98. The molecular weight excluding hydrogens is 426 g/mol. The summed E-state index contributed by atoms with van der Waals surface area (Å²) in [6.45, 7) is 2.95. The van der Waals surface area contributed by atoms with E-state index >= 15 is 0 Å². The van der Waals surface area contributed by atoms with Crippen molar-refractivity contribution in [2.24, 2.45) is 0 Å². The lowest BCUT2D eigenvalue weighted by atomic mass is 9.94. The van der Waals surface area contributed by atoms with E-state index < -0.39 is 17.7 Å². The van der Waals surface area contributed by atoms with Crippen LogP contribution in [0.4, 0.5) is 0 Å². The molecule has 2 atom stereocenters. The van der Waals surface area contributed by atoms with E-state index in [1.165, 1.54) is 18.1 Å². The highest BCUT2D eigenvalue weighted by molar-refractivity contribution is 6.46. The summed E-state index contributed by atoms with van der Waals surface area (Å²) in [4.78, 5) is 27.6. The average Bonchev–Trinajstić information content (AvgIpc) is 3.43. The lowest BCUT2D eigenvalue weighted by molar-refractivity contribution is -0.140. The van der Waals surface area contributed by atoms with Gasteiger partial charge in [0.05, 0.1) is 31.4 Å². The number of rotatable bonds is 7. The second-order valence-corrected chi connectivity index (χ2v) is 7.98. The van der Waals surface area contributed by atoms with E-state index in [1.807, 2.05) is 0 Å². The number of aliphatic hydroxyl groups excluding tert-OH is 1. The van der Waals surface area contributed by atoms with Crippen LogP contribution >= 0.6 is 0 Å². The summed E-state index contributed by atoms with van der Waals surface area (Å²) in [7, 11) is 1.53. The van der Waals surface area contributed by atoms with Gasteiger partial charge in [0.2, 0.25) is 0 Å². The highest BCUT2D eigenvalue weighted by Crippen LogP contribution is 2.42. The van der Waals surface area contributed by atoms with E-state index in [1.54, 1.807) is 43.3 Å². The van der Waals surface area contributed by atoms with Gasteiger partial charge in [0.25, 0.3) is 11.7 Å². The number of benzene rings is 2. The topological polar surface area (TPSA) is 106 Å². The van der Waals surface area contributed by atoms with Crippen molar-refractivity contribution in [3.8, 4) is 17.2 Å². The van der Waals surface area contributed by atoms with E-state index in [9.17, 15) is 19.8 Å². The van der Waals surface area contributed by atoms with E-state index in [0.717, 1.165) is 12.8 Å².